The molecule has 4 heteroatoms. The molecule has 2 heterocycles. The van der Waals surface area contributed by atoms with Gasteiger partial charge in [-0.1, -0.05) is 12.1 Å². The molecule has 0 unspecified atom stereocenters. The van der Waals surface area contributed by atoms with Gasteiger partial charge in [-0.3, -0.25) is 0 Å². The van der Waals surface area contributed by atoms with Gasteiger partial charge >= 0.3 is 0 Å². The van der Waals surface area contributed by atoms with E-state index in [1.807, 2.05) is 24.3 Å². The van der Waals surface area contributed by atoms with Crippen LogP contribution < -0.4 is 9.64 Å². The number of ether oxygens (including phenoxy) is 1. The molecule has 3 aromatic rings. The van der Waals surface area contributed by atoms with Crippen molar-refractivity contribution in [2.45, 2.75) is 12.8 Å². The van der Waals surface area contributed by atoms with Crippen LogP contribution in [0, 0.1) is 0 Å². The third-order valence-electron chi connectivity index (χ3n) is 4.18. The van der Waals surface area contributed by atoms with Crippen molar-refractivity contribution in [1.82, 2.24) is 9.97 Å². The largest absolute Gasteiger partial charge is 0.497 e. The maximum atomic E-state index is 5.35. The van der Waals surface area contributed by atoms with Gasteiger partial charge in [-0.2, -0.15) is 0 Å². The highest BCUT2D eigenvalue weighted by Gasteiger charge is 2.21. The summed E-state index contributed by atoms with van der Waals surface area (Å²) in [5, 5.41) is 1.09. The molecule has 0 spiro atoms. The fourth-order valence-electron chi connectivity index (χ4n) is 3.13. The number of aryl methyl sites for hydroxylation is 1. The van der Waals surface area contributed by atoms with Crippen molar-refractivity contribution >= 4 is 22.4 Å². The van der Waals surface area contributed by atoms with E-state index in [1.54, 1.807) is 13.4 Å². The zero-order valence-corrected chi connectivity index (χ0v) is 12.5. The summed E-state index contributed by atoms with van der Waals surface area (Å²) in [7, 11) is 1.71. The van der Waals surface area contributed by atoms with Crippen molar-refractivity contribution in [3.63, 3.8) is 0 Å². The lowest BCUT2D eigenvalue weighted by Crippen LogP contribution is -2.25. The van der Waals surface area contributed by atoms with Crippen LogP contribution in [0.1, 0.15) is 12.0 Å². The molecule has 4 rings (SSSR count). The summed E-state index contributed by atoms with van der Waals surface area (Å²) in [6.45, 7) is 0.973. The first-order chi connectivity index (χ1) is 10.9. The Morgan fingerprint density at radius 1 is 1.09 bits per heavy atom. The number of rotatable bonds is 2. The van der Waals surface area contributed by atoms with Crippen LogP contribution in [0.3, 0.4) is 0 Å². The lowest BCUT2D eigenvalue weighted by Gasteiger charge is -2.31. The minimum Gasteiger partial charge on any atom is -0.497 e. The van der Waals surface area contributed by atoms with E-state index in [-0.39, 0.29) is 0 Å². The van der Waals surface area contributed by atoms with Crippen LogP contribution in [-0.2, 0) is 6.42 Å². The van der Waals surface area contributed by atoms with Crippen LogP contribution >= 0.6 is 0 Å². The Bertz CT molecular complexity index is 826. The van der Waals surface area contributed by atoms with E-state index in [9.17, 15) is 0 Å². The van der Waals surface area contributed by atoms with E-state index in [4.69, 9.17) is 4.74 Å². The summed E-state index contributed by atoms with van der Waals surface area (Å²) in [6.07, 6.45) is 3.83. The molecule has 0 saturated carbocycles. The Morgan fingerprint density at radius 2 is 2.00 bits per heavy atom. The molecule has 1 aliphatic rings. The van der Waals surface area contributed by atoms with Gasteiger partial charge in [-0.05, 0) is 48.7 Å². The fourth-order valence-corrected chi connectivity index (χ4v) is 3.13. The normalized spacial score (nSPS) is 14.0. The number of aromatic nitrogens is 2. The minimum absolute atomic E-state index is 0.910. The van der Waals surface area contributed by atoms with E-state index in [0.29, 0.717) is 0 Å². The zero-order valence-electron chi connectivity index (χ0n) is 12.5. The highest BCUT2D eigenvalue weighted by atomic mass is 16.5. The first kappa shape index (κ1) is 13.1. The summed E-state index contributed by atoms with van der Waals surface area (Å²) >= 11 is 0. The van der Waals surface area contributed by atoms with Gasteiger partial charge in [0.25, 0.3) is 0 Å². The standard InChI is InChI=1S/C18H17N3O/c1-22-14-8-9-17-13(11-14)5-4-10-21(17)18-15-6-2-3-7-16(15)19-12-20-18/h2-3,6-9,11-12H,4-5,10H2,1H3. The fraction of sp³-hybridized carbons (Fsp3) is 0.222. The molecule has 2 aromatic carbocycles. The molecule has 0 aliphatic carbocycles. The Kier molecular flexibility index (Phi) is 3.15. The number of nitrogens with zero attached hydrogens (tertiary/aromatic N) is 3. The summed E-state index contributed by atoms with van der Waals surface area (Å²) in [5.41, 5.74) is 3.51. The molecule has 0 N–H and O–H groups in total. The monoisotopic (exact) mass is 291 g/mol. The molecule has 1 aromatic heterocycles. The topological polar surface area (TPSA) is 38.2 Å². The number of fused-ring (bicyclic) bond motifs is 2. The van der Waals surface area contributed by atoms with E-state index in [0.717, 1.165) is 41.9 Å². The first-order valence-corrected chi connectivity index (χ1v) is 7.51. The SMILES string of the molecule is COc1ccc2c(c1)CCCN2c1ncnc2ccccc12. The summed E-state index contributed by atoms with van der Waals surface area (Å²) < 4.78 is 5.35. The quantitative estimate of drug-likeness (QED) is 0.721. The molecule has 0 radical (unpaired) electrons. The van der Waals surface area contributed by atoms with Crippen molar-refractivity contribution in [3.05, 3.63) is 54.4 Å². The number of methoxy groups -OCH3 is 1. The van der Waals surface area contributed by atoms with Crippen LogP contribution in [0.25, 0.3) is 10.9 Å². The maximum absolute atomic E-state index is 5.35. The minimum atomic E-state index is 0.910. The van der Waals surface area contributed by atoms with Crippen molar-refractivity contribution in [2.24, 2.45) is 0 Å². The second kappa shape index (κ2) is 5.30. The molecular weight excluding hydrogens is 274 g/mol. The third-order valence-corrected chi connectivity index (χ3v) is 4.18. The van der Waals surface area contributed by atoms with Crippen molar-refractivity contribution < 1.29 is 4.74 Å². The van der Waals surface area contributed by atoms with Crippen LogP contribution in [0.15, 0.2) is 48.8 Å². The average Bonchev–Trinajstić information content (AvgIpc) is 2.60. The number of hydrogen-bond donors (Lipinski definition) is 0. The second-order valence-corrected chi connectivity index (χ2v) is 5.46. The predicted octanol–water partition coefficient (Wildman–Crippen LogP) is 3.72. The molecule has 4 nitrogen and oxygen atoms in total. The lowest BCUT2D eigenvalue weighted by molar-refractivity contribution is 0.414. The predicted molar refractivity (Wildman–Crippen MR) is 87.9 cm³/mol. The highest BCUT2D eigenvalue weighted by Crippen LogP contribution is 2.36. The molecule has 0 amide bonds. The van der Waals surface area contributed by atoms with E-state index < -0.39 is 0 Å². The summed E-state index contributed by atoms with van der Waals surface area (Å²) in [6, 6.07) is 14.4. The van der Waals surface area contributed by atoms with Gasteiger partial charge in [-0.15, -0.1) is 0 Å². The van der Waals surface area contributed by atoms with Crippen molar-refractivity contribution in [2.75, 3.05) is 18.6 Å². The van der Waals surface area contributed by atoms with Gasteiger partial charge < -0.3 is 9.64 Å². The molecule has 0 atom stereocenters. The van der Waals surface area contributed by atoms with E-state index in [2.05, 4.69) is 33.1 Å². The molecular formula is C18H17N3O. The molecule has 22 heavy (non-hydrogen) atoms. The van der Waals surface area contributed by atoms with Crippen molar-refractivity contribution in [1.29, 1.82) is 0 Å². The zero-order chi connectivity index (χ0) is 14.9. The number of benzene rings is 2. The maximum Gasteiger partial charge on any atom is 0.144 e. The van der Waals surface area contributed by atoms with E-state index >= 15 is 0 Å². The van der Waals surface area contributed by atoms with Gasteiger partial charge in [0.2, 0.25) is 0 Å². The van der Waals surface area contributed by atoms with Crippen LogP contribution in [0.2, 0.25) is 0 Å². The number of para-hydroxylation sites is 1. The van der Waals surface area contributed by atoms with Gasteiger partial charge in [0.05, 0.1) is 12.6 Å². The average molecular weight is 291 g/mol. The van der Waals surface area contributed by atoms with Crippen LogP contribution in [0.4, 0.5) is 11.5 Å². The highest BCUT2D eigenvalue weighted by molar-refractivity contribution is 5.91. The van der Waals surface area contributed by atoms with Crippen LogP contribution in [-0.4, -0.2) is 23.6 Å². The summed E-state index contributed by atoms with van der Waals surface area (Å²) in [5.74, 6) is 1.89. The third kappa shape index (κ3) is 2.08. The Labute approximate surface area is 129 Å². The molecule has 1 aliphatic heterocycles. The van der Waals surface area contributed by atoms with Gasteiger partial charge in [0.15, 0.2) is 0 Å². The molecule has 0 bridgehead atoms. The second-order valence-electron chi connectivity index (χ2n) is 5.46. The molecule has 110 valence electrons. The molecule has 0 fully saturated rings. The Morgan fingerprint density at radius 3 is 2.91 bits per heavy atom. The van der Waals surface area contributed by atoms with Gasteiger partial charge in [0, 0.05) is 17.6 Å². The Balaban J connectivity index is 1.87. The van der Waals surface area contributed by atoms with Gasteiger partial charge in [-0.25, -0.2) is 9.97 Å². The molecule has 0 saturated heterocycles. The number of hydrogen-bond acceptors (Lipinski definition) is 4. The Hall–Kier alpha value is -2.62. The number of anilines is 2. The summed E-state index contributed by atoms with van der Waals surface area (Å²) in [4.78, 5) is 11.2. The van der Waals surface area contributed by atoms with Gasteiger partial charge in [0.1, 0.15) is 17.9 Å². The smallest absolute Gasteiger partial charge is 0.144 e. The first-order valence-electron chi connectivity index (χ1n) is 7.51. The van der Waals surface area contributed by atoms with Crippen LogP contribution in [0.5, 0.6) is 5.75 Å². The van der Waals surface area contributed by atoms with Crippen molar-refractivity contribution in [3.8, 4) is 5.75 Å². The lowest BCUT2D eigenvalue weighted by atomic mass is 10.0. The van der Waals surface area contributed by atoms with E-state index in [1.165, 1.54) is 11.3 Å².